The van der Waals surface area contributed by atoms with Gasteiger partial charge in [-0.2, -0.15) is 0 Å². The molecule has 0 saturated carbocycles. The summed E-state index contributed by atoms with van der Waals surface area (Å²) in [4.78, 5) is 13.0. The van der Waals surface area contributed by atoms with Crippen LogP contribution in [0.2, 0.25) is 0 Å². The van der Waals surface area contributed by atoms with Crippen molar-refractivity contribution < 1.29 is 38.7 Å². The van der Waals surface area contributed by atoms with E-state index in [9.17, 15) is 15.0 Å². The molecular formula is C29H30O8. The van der Waals surface area contributed by atoms with Crippen molar-refractivity contribution in [2.75, 3.05) is 20.5 Å². The minimum absolute atomic E-state index is 0.134. The predicted molar refractivity (Wildman–Crippen MR) is 135 cm³/mol. The van der Waals surface area contributed by atoms with Crippen LogP contribution in [-0.2, 0) is 4.79 Å². The van der Waals surface area contributed by atoms with Gasteiger partial charge >= 0.3 is 5.97 Å². The highest BCUT2D eigenvalue weighted by molar-refractivity contribution is 5.78. The minimum atomic E-state index is -1.10. The summed E-state index contributed by atoms with van der Waals surface area (Å²) in [6.07, 6.45) is -0.248. The maximum atomic E-state index is 13.0. The van der Waals surface area contributed by atoms with Gasteiger partial charge < -0.3 is 33.9 Å². The smallest absolute Gasteiger partial charge is 0.308 e. The monoisotopic (exact) mass is 506 g/mol. The second kappa shape index (κ2) is 10.2. The number of hydrogen-bond acceptors (Lipinski definition) is 7. The highest BCUT2D eigenvalue weighted by atomic mass is 16.7. The number of carboxylic acids is 1. The Labute approximate surface area is 215 Å². The Morgan fingerprint density at radius 2 is 1.73 bits per heavy atom. The summed E-state index contributed by atoms with van der Waals surface area (Å²) in [6.45, 7) is 4.22. The maximum absolute atomic E-state index is 13.0. The van der Waals surface area contributed by atoms with Crippen molar-refractivity contribution in [2.24, 2.45) is 5.92 Å². The highest BCUT2D eigenvalue weighted by Crippen LogP contribution is 2.56. The van der Waals surface area contributed by atoms with Crippen LogP contribution in [0.25, 0.3) is 0 Å². The Morgan fingerprint density at radius 1 is 0.973 bits per heavy atom. The molecule has 5 rings (SSSR count). The zero-order valence-corrected chi connectivity index (χ0v) is 21.0. The van der Waals surface area contributed by atoms with E-state index >= 15 is 0 Å². The van der Waals surface area contributed by atoms with Crippen LogP contribution in [0.15, 0.2) is 54.6 Å². The van der Waals surface area contributed by atoms with E-state index in [-0.39, 0.29) is 6.79 Å². The van der Waals surface area contributed by atoms with Crippen molar-refractivity contribution in [3.8, 4) is 28.7 Å². The molecule has 194 valence electrons. The van der Waals surface area contributed by atoms with Gasteiger partial charge in [-0.3, -0.25) is 4.79 Å². The maximum Gasteiger partial charge on any atom is 0.308 e. The number of aliphatic hydroxyl groups excluding tert-OH is 1. The van der Waals surface area contributed by atoms with Crippen LogP contribution in [0.1, 0.15) is 54.4 Å². The van der Waals surface area contributed by atoms with Gasteiger partial charge in [0.1, 0.15) is 17.2 Å². The molecule has 2 aliphatic rings. The van der Waals surface area contributed by atoms with Crippen molar-refractivity contribution in [1.29, 1.82) is 0 Å². The average molecular weight is 507 g/mol. The van der Waals surface area contributed by atoms with Crippen molar-refractivity contribution in [2.45, 2.75) is 38.4 Å². The Hall–Kier alpha value is -3.91. The molecule has 8 heteroatoms. The van der Waals surface area contributed by atoms with Crippen LogP contribution >= 0.6 is 0 Å². The Kier molecular flexibility index (Phi) is 6.84. The summed E-state index contributed by atoms with van der Waals surface area (Å²) in [5.41, 5.74) is 3.18. The van der Waals surface area contributed by atoms with E-state index in [1.165, 1.54) is 6.92 Å². The SMILES string of the molecule is CCCOc1ccc2c(c1)[C@@H](c1ccc(OC)cc1OC(C)O)[C@H](C(=O)O)[C@H]2c1ccc2c(c1)OCO2. The van der Waals surface area contributed by atoms with E-state index in [0.717, 1.165) is 23.1 Å². The Bertz CT molecular complexity index is 1300. The Morgan fingerprint density at radius 3 is 2.46 bits per heavy atom. The van der Waals surface area contributed by atoms with Crippen LogP contribution < -0.4 is 23.7 Å². The van der Waals surface area contributed by atoms with Gasteiger partial charge in [0.2, 0.25) is 6.79 Å². The second-order valence-electron chi connectivity index (χ2n) is 9.19. The third-order valence-corrected chi connectivity index (χ3v) is 6.81. The summed E-state index contributed by atoms with van der Waals surface area (Å²) in [7, 11) is 1.54. The first-order chi connectivity index (χ1) is 17.9. The van der Waals surface area contributed by atoms with Gasteiger partial charge in [-0.25, -0.2) is 0 Å². The molecule has 0 aromatic heterocycles. The normalized spacial score (nSPS) is 20.3. The van der Waals surface area contributed by atoms with Gasteiger partial charge in [0.15, 0.2) is 17.8 Å². The molecule has 0 amide bonds. The lowest BCUT2D eigenvalue weighted by Crippen LogP contribution is -2.24. The third kappa shape index (κ3) is 4.64. The first kappa shape index (κ1) is 24.8. The first-order valence-corrected chi connectivity index (χ1v) is 12.3. The third-order valence-electron chi connectivity index (χ3n) is 6.81. The predicted octanol–water partition coefficient (Wildman–Crippen LogP) is 4.91. The Balaban J connectivity index is 1.70. The van der Waals surface area contributed by atoms with Crippen LogP contribution in [0.3, 0.4) is 0 Å². The molecule has 2 N–H and O–H groups in total. The number of methoxy groups -OCH3 is 1. The number of carboxylic acid groups (broad SMARTS) is 1. The lowest BCUT2D eigenvalue weighted by molar-refractivity contribution is -0.142. The zero-order chi connectivity index (χ0) is 26.1. The number of ether oxygens (including phenoxy) is 5. The fourth-order valence-corrected chi connectivity index (χ4v) is 5.32. The molecule has 37 heavy (non-hydrogen) atoms. The minimum Gasteiger partial charge on any atom is -0.497 e. The molecular weight excluding hydrogens is 476 g/mol. The number of fused-ring (bicyclic) bond motifs is 2. The van der Waals surface area contributed by atoms with Gasteiger partial charge in [0.05, 0.1) is 19.6 Å². The molecule has 3 aromatic carbocycles. The van der Waals surface area contributed by atoms with E-state index in [1.54, 1.807) is 19.2 Å². The standard InChI is InChI=1S/C29H30O8/c1-4-11-34-19-7-8-20-22(13-19)27(21-9-6-18(33-3)14-24(21)37-16(2)30)28(29(31)32)26(20)17-5-10-23-25(12-17)36-15-35-23/h5-10,12-14,16,26-28,30H,4,11,15H2,1-3H3,(H,31,32)/t16?,26-,27+,28+/m0/s1. The molecule has 1 aliphatic carbocycles. The molecule has 8 nitrogen and oxygen atoms in total. The van der Waals surface area contributed by atoms with Gasteiger partial charge in [-0.15, -0.1) is 0 Å². The van der Waals surface area contributed by atoms with Crippen LogP contribution in [0.5, 0.6) is 28.7 Å². The molecule has 4 atom stereocenters. The van der Waals surface area contributed by atoms with E-state index in [0.29, 0.717) is 40.9 Å². The molecule has 0 fully saturated rings. The largest absolute Gasteiger partial charge is 0.497 e. The van der Waals surface area contributed by atoms with E-state index in [1.807, 2.05) is 49.4 Å². The lowest BCUT2D eigenvalue weighted by atomic mass is 9.79. The highest BCUT2D eigenvalue weighted by Gasteiger charge is 2.48. The topological polar surface area (TPSA) is 104 Å². The van der Waals surface area contributed by atoms with Crippen molar-refractivity contribution >= 4 is 5.97 Å². The molecule has 0 bridgehead atoms. The lowest BCUT2D eigenvalue weighted by Gasteiger charge is -2.25. The van der Waals surface area contributed by atoms with E-state index in [4.69, 9.17) is 23.7 Å². The summed E-state index contributed by atoms with van der Waals surface area (Å²) >= 11 is 0. The number of hydrogen-bond donors (Lipinski definition) is 2. The molecule has 1 aliphatic heterocycles. The van der Waals surface area contributed by atoms with Crippen LogP contribution in [0.4, 0.5) is 0 Å². The molecule has 1 unspecified atom stereocenters. The molecule has 0 spiro atoms. The zero-order valence-electron chi connectivity index (χ0n) is 21.0. The fourth-order valence-electron chi connectivity index (χ4n) is 5.32. The van der Waals surface area contributed by atoms with Gasteiger partial charge in [-0.05, 0) is 60.4 Å². The molecule has 0 radical (unpaired) electrons. The first-order valence-electron chi connectivity index (χ1n) is 12.3. The molecule has 1 heterocycles. The summed E-state index contributed by atoms with van der Waals surface area (Å²) in [5, 5.41) is 20.7. The average Bonchev–Trinajstić information content (AvgIpc) is 3.48. The fraction of sp³-hybridized carbons (Fsp3) is 0.345. The number of rotatable bonds is 9. The summed E-state index contributed by atoms with van der Waals surface area (Å²) in [5.74, 6) is -0.0393. The van der Waals surface area contributed by atoms with Crippen molar-refractivity contribution in [3.05, 3.63) is 76.9 Å². The number of aliphatic carboxylic acids is 1. The van der Waals surface area contributed by atoms with Crippen molar-refractivity contribution in [3.63, 3.8) is 0 Å². The molecule has 3 aromatic rings. The summed E-state index contributed by atoms with van der Waals surface area (Å²) in [6, 6.07) is 16.6. The molecule has 0 saturated heterocycles. The van der Waals surface area contributed by atoms with Crippen LogP contribution in [-0.4, -0.2) is 43.0 Å². The second-order valence-corrected chi connectivity index (χ2v) is 9.19. The van der Waals surface area contributed by atoms with Gasteiger partial charge in [0, 0.05) is 23.5 Å². The van der Waals surface area contributed by atoms with Crippen LogP contribution in [0, 0.1) is 5.92 Å². The van der Waals surface area contributed by atoms with Gasteiger partial charge in [-0.1, -0.05) is 25.1 Å². The van der Waals surface area contributed by atoms with Gasteiger partial charge in [0.25, 0.3) is 0 Å². The summed E-state index contributed by atoms with van der Waals surface area (Å²) < 4.78 is 28.1. The van der Waals surface area contributed by atoms with Crippen molar-refractivity contribution in [1.82, 2.24) is 0 Å². The number of benzene rings is 3. The quantitative estimate of drug-likeness (QED) is 0.395. The number of carbonyl (C=O) groups is 1. The van der Waals surface area contributed by atoms with E-state index < -0.39 is 30.0 Å². The number of aliphatic hydroxyl groups is 1. The van der Waals surface area contributed by atoms with E-state index in [2.05, 4.69) is 0 Å².